The van der Waals surface area contributed by atoms with Gasteiger partial charge in [0.15, 0.2) is 0 Å². The van der Waals surface area contributed by atoms with Crippen molar-refractivity contribution in [1.82, 2.24) is 29.9 Å². The summed E-state index contributed by atoms with van der Waals surface area (Å²) in [7, 11) is 0. The van der Waals surface area contributed by atoms with Crippen molar-refractivity contribution in [3.8, 4) is 0 Å². The second-order valence-corrected chi connectivity index (χ2v) is 15.6. The van der Waals surface area contributed by atoms with Gasteiger partial charge in [0.25, 0.3) is 0 Å². The number of amides is 2. The maximum atomic E-state index is 14.4. The van der Waals surface area contributed by atoms with Crippen molar-refractivity contribution in [2.45, 2.75) is 64.2 Å². The lowest BCUT2D eigenvalue weighted by Crippen LogP contribution is -2.34. The van der Waals surface area contributed by atoms with E-state index in [2.05, 4.69) is 61.0 Å². The standard InChI is InChI=1S/C46H48F2N12O2/c1-29-37(12-6-14-39(29)55-43-49-27-51-45(57-43)59-22-18-31(19-23-59)33-8-5-9-34(47)26-33)53-41(61)16-17-42(62)54-38-13-7-15-40(30(38)2)56-44-50-28-52-46(58-44)60-24-20-32(21-25-60)35-10-3-4-11-36(35)48/h3-15,26-28,31-32H,16-25H2,1-2H3,(H,53,61)(H,54,62)(H,49,51,55,57)(H,50,52,56,58). The van der Waals surface area contributed by atoms with Gasteiger partial charge in [-0.2, -0.15) is 9.97 Å². The summed E-state index contributed by atoms with van der Waals surface area (Å²) >= 11 is 0. The van der Waals surface area contributed by atoms with Crippen LogP contribution in [0.3, 0.4) is 0 Å². The Labute approximate surface area is 358 Å². The zero-order chi connectivity index (χ0) is 43.0. The molecule has 0 saturated carbocycles. The van der Waals surface area contributed by atoms with Gasteiger partial charge >= 0.3 is 0 Å². The van der Waals surface area contributed by atoms with Crippen molar-refractivity contribution >= 4 is 58.4 Å². The van der Waals surface area contributed by atoms with Gasteiger partial charge in [0.05, 0.1) is 0 Å². The SMILES string of the molecule is Cc1c(NC(=O)CCC(=O)Nc2cccc(Nc3ncnc(N4CCC(c5ccccc5F)CC4)n3)c2C)cccc1Nc1ncnc(N2CCC(c3cccc(F)c3)CC2)n1. The van der Waals surface area contributed by atoms with Crippen LogP contribution in [-0.2, 0) is 9.59 Å². The molecular weight excluding hydrogens is 791 g/mol. The van der Waals surface area contributed by atoms with Gasteiger partial charge in [-0.3, -0.25) is 9.59 Å². The summed E-state index contributed by atoms with van der Waals surface area (Å²) in [6, 6.07) is 24.7. The molecule has 0 unspecified atom stereocenters. The lowest BCUT2D eigenvalue weighted by Gasteiger charge is -2.32. The Morgan fingerprint density at radius 3 is 1.60 bits per heavy atom. The summed E-state index contributed by atoms with van der Waals surface area (Å²) < 4.78 is 28.2. The second-order valence-electron chi connectivity index (χ2n) is 15.6. The highest BCUT2D eigenvalue weighted by molar-refractivity contribution is 5.98. The van der Waals surface area contributed by atoms with E-state index in [0.717, 1.165) is 61.0 Å². The van der Waals surface area contributed by atoms with E-state index in [9.17, 15) is 18.4 Å². The van der Waals surface area contributed by atoms with Crippen LogP contribution in [0.1, 0.15) is 72.6 Å². The number of nitrogens with zero attached hydrogens (tertiary/aromatic N) is 8. The fourth-order valence-corrected chi connectivity index (χ4v) is 8.08. The Morgan fingerprint density at radius 2 is 1.08 bits per heavy atom. The topological polar surface area (TPSA) is 166 Å². The van der Waals surface area contributed by atoms with Gasteiger partial charge in [-0.15, -0.1) is 0 Å². The van der Waals surface area contributed by atoms with Gasteiger partial charge in [-0.25, -0.2) is 28.7 Å². The predicted octanol–water partition coefficient (Wildman–Crippen LogP) is 8.56. The Hall–Kier alpha value is -7.10. The third kappa shape index (κ3) is 10.1. The first-order chi connectivity index (χ1) is 30.2. The molecule has 16 heteroatoms. The van der Waals surface area contributed by atoms with Gasteiger partial charge in [-0.1, -0.05) is 42.5 Å². The van der Waals surface area contributed by atoms with Crippen molar-refractivity contribution in [3.63, 3.8) is 0 Å². The molecule has 0 atom stereocenters. The minimum Gasteiger partial charge on any atom is -0.341 e. The zero-order valence-corrected chi connectivity index (χ0v) is 34.6. The molecule has 0 radical (unpaired) electrons. The normalized spacial score (nSPS) is 14.6. The van der Waals surface area contributed by atoms with E-state index in [0.29, 0.717) is 59.6 Å². The lowest BCUT2D eigenvalue weighted by molar-refractivity contribution is -0.121. The van der Waals surface area contributed by atoms with E-state index in [4.69, 9.17) is 0 Å². The van der Waals surface area contributed by atoms with Crippen molar-refractivity contribution < 1.29 is 18.4 Å². The predicted molar refractivity (Wildman–Crippen MR) is 236 cm³/mol. The minimum absolute atomic E-state index is 0.0299. The second kappa shape index (κ2) is 19.1. The summed E-state index contributed by atoms with van der Waals surface area (Å²) in [6.45, 7) is 6.60. The molecule has 4 heterocycles. The van der Waals surface area contributed by atoms with E-state index in [1.54, 1.807) is 30.3 Å². The third-order valence-corrected chi connectivity index (χ3v) is 11.6. The number of benzene rings is 4. The molecular formula is C46H48F2N12O2. The molecule has 2 fully saturated rings. The zero-order valence-electron chi connectivity index (χ0n) is 34.6. The van der Waals surface area contributed by atoms with Crippen molar-refractivity contribution in [2.24, 2.45) is 0 Å². The van der Waals surface area contributed by atoms with Crippen molar-refractivity contribution in [2.75, 3.05) is 57.2 Å². The van der Waals surface area contributed by atoms with Gasteiger partial charge in [0.2, 0.25) is 35.6 Å². The van der Waals surface area contributed by atoms with Crippen molar-refractivity contribution in [1.29, 1.82) is 0 Å². The fourth-order valence-electron chi connectivity index (χ4n) is 8.08. The highest BCUT2D eigenvalue weighted by Crippen LogP contribution is 2.33. The first kappa shape index (κ1) is 41.6. The van der Waals surface area contributed by atoms with Crippen LogP contribution in [-0.4, -0.2) is 67.9 Å². The van der Waals surface area contributed by atoms with Gasteiger partial charge < -0.3 is 31.1 Å². The van der Waals surface area contributed by atoms with Crippen LogP contribution < -0.4 is 31.1 Å². The molecule has 0 aliphatic carbocycles. The van der Waals surface area contributed by atoms with E-state index < -0.39 is 0 Å². The van der Waals surface area contributed by atoms with Gasteiger partial charge in [0.1, 0.15) is 24.3 Å². The molecule has 4 aromatic carbocycles. The summed E-state index contributed by atoms with van der Waals surface area (Å²) in [5.41, 5.74) is 5.91. The minimum atomic E-state index is -0.308. The molecule has 0 bridgehead atoms. The molecule has 14 nitrogen and oxygen atoms in total. The van der Waals surface area contributed by atoms with Crippen LogP contribution in [0, 0.1) is 25.5 Å². The average Bonchev–Trinajstić information content (AvgIpc) is 3.29. The fraction of sp³-hybridized carbons (Fsp3) is 0.304. The number of nitrogens with one attached hydrogen (secondary N) is 4. The van der Waals surface area contributed by atoms with Gasteiger partial charge in [0, 0.05) is 61.8 Å². The summed E-state index contributed by atoms with van der Waals surface area (Å²) in [5, 5.41) is 12.4. The summed E-state index contributed by atoms with van der Waals surface area (Å²) in [4.78, 5) is 57.1. The van der Waals surface area contributed by atoms with Crippen molar-refractivity contribution in [3.05, 3.63) is 131 Å². The molecule has 2 aliphatic rings. The average molecular weight is 839 g/mol. The molecule has 2 aromatic heterocycles. The number of carbonyl (C=O) groups is 2. The smallest absolute Gasteiger partial charge is 0.232 e. The Bertz CT molecular complexity index is 2540. The van der Waals surface area contributed by atoms with Crippen LogP contribution in [0.15, 0.2) is 97.6 Å². The third-order valence-electron chi connectivity index (χ3n) is 11.6. The summed E-state index contributed by atoms with van der Waals surface area (Å²) in [5.74, 6) is 1.25. The molecule has 8 rings (SSSR count). The molecule has 2 aliphatic heterocycles. The monoisotopic (exact) mass is 838 g/mol. The number of piperidine rings is 2. The molecule has 62 heavy (non-hydrogen) atoms. The largest absolute Gasteiger partial charge is 0.341 e. The van der Waals surface area contributed by atoms with Crippen LogP contribution in [0.2, 0.25) is 0 Å². The van der Waals surface area contributed by atoms with Crippen LogP contribution in [0.4, 0.5) is 55.3 Å². The number of halogens is 2. The van der Waals surface area contributed by atoms with Crippen LogP contribution in [0.5, 0.6) is 0 Å². The number of rotatable bonds is 13. The van der Waals surface area contributed by atoms with E-state index >= 15 is 0 Å². The number of anilines is 8. The number of carbonyl (C=O) groups excluding carboxylic acids is 2. The maximum absolute atomic E-state index is 14.4. The Morgan fingerprint density at radius 1 is 0.597 bits per heavy atom. The highest BCUT2D eigenvalue weighted by atomic mass is 19.1. The van der Waals surface area contributed by atoms with E-state index in [1.807, 2.05) is 56.3 Å². The molecule has 4 N–H and O–H groups in total. The molecule has 2 saturated heterocycles. The highest BCUT2D eigenvalue weighted by Gasteiger charge is 2.25. The van der Waals surface area contributed by atoms with E-state index in [-0.39, 0.29) is 48.1 Å². The first-order valence-corrected chi connectivity index (χ1v) is 20.9. The van der Waals surface area contributed by atoms with Crippen LogP contribution >= 0.6 is 0 Å². The van der Waals surface area contributed by atoms with E-state index in [1.165, 1.54) is 24.8 Å². The number of hydrogen-bond acceptors (Lipinski definition) is 12. The molecule has 318 valence electrons. The Balaban J connectivity index is 0.813. The molecule has 2 amide bonds. The lowest BCUT2D eigenvalue weighted by atomic mass is 9.89. The quantitative estimate of drug-likeness (QED) is 0.0877. The Kier molecular flexibility index (Phi) is 12.8. The molecule has 0 spiro atoms. The number of aromatic nitrogens is 6. The maximum Gasteiger partial charge on any atom is 0.232 e. The van der Waals surface area contributed by atoms with Crippen LogP contribution in [0.25, 0.3) is 0 Å². The summed E-state index contributed by atoms with van der Waals surface area (Å²) in [6.07, 6.45) is 6.16. The molecule has 6 aromatic rings. The first-order valence-electron chi connectivity index (χ1n) is 20.9. The number of hydrogen-bond donors (Lipinski definition) is 4. The van der Waals surface area contributed by atoms with Gasteiger partial charge in [-0.05, 0) is 116 Å².